The Morgan fingerprint density at radius 1 is 1.30 bits per heavy atom. The Kier molecular flexibility index (Phi) is 4.17. The number of hydrogen-bond donors (Lipinski definition) is 0. The molecule has 1 aromatic heterocycles. The van der Waals surface area contributed by atoms with Crippen molar-refractivity contribution < 1.29 is 9.18 Å². The first-order valence-corrected chi connectivity index (χ1v) is 6.66. The van der Waals surface area contributed by atoms with Crippen molar-refractivity contribution in [3.8, 4) is 11.3 Å². The van der Waals surface area contributed by atoms with Crippen molar-refractivity contribution in [2.75, 3.05) is 13.1 Å². The van der Waals surface area contributed by atoms with Gasteiger partial charge in [0.2, 0.25) is 0 Å². The molecule has 2 rings (SSSR count). The van der Waals surface area contributed by atoms with Crippen LogP contribution in [0, 0.1) is 5.82 Å². The highest BCUT2D eigenvalue weighted by Gasteiger charge is 2.19. The summed E-state index contributed by atoms with van der Waals surface area (Å²) in [4.78, 5) is 14.0. The van der Waals surface area contributed by atoms with Crippen LogP contribution >= 0.6 is 0 Å². The number of hydrogen-bond acceptors (Lipinski definition) is 2. The normalized spacial score (nSPS) is 10.6. The molecule has 1 aromatic carbocycles. The minimum atomic E-state index is -0.340. The minimum absolute atomic E-state index is 0.0902. The van der Waals surface area contributed by atoms with Gasteiger partial charge in [-0.25, -0.2) is 4.39 Å². The van der Waals surface area contributed by atoms with Crippen molar-refractivity contribution in [3.05, 3.63) is 41.8 Å². The van der Waals surface area contributed by atoms with E-state index in [1.165, 1.54) is 10.7 Å². The highest BCUT2D eigenvalue weighted by atomic mass is 19.1. The van der Waals surface area contributed by atoms with Crippen LogP contribution in [0.5, 0.6) is 0 Å². The van der Waals surface area contributed by atoms with Gasteiger partial charge in [-0.3, -0.25) is 9.48 Å². The molecular formula is C15H18FN3O. The molecule has 2 aromatic rings. The van der Waals surface area contributed by atoms with Crippen LogP contribution in [0.15, 0.2) is 30.3 Å². The number of carbonyl (C=O) groups excluding carboxylic acids is 1. The zero-order valence-electron chi connectivity index (χ0n) is 11.9. The third-order valence-electron chi connectivity index (χ3n) is 3.30. The van der Waals surface area contributed by atoms with Crippen LogP contribution in [-0.4, -0.2) is 33.7 Å². The summed E-state index contributed by atoms with van der Waals surface area (Å²) in [5.41, 5.74) is 1.34. The van der Waals surface area contributed by atoms with Crippen LogP contribution in [0.25, 0.3) is 11.3 Å². The van der Waals surface area contributed by atoms with Crippen molar-refractivity contribution in [2.45, 2.75) is 13.8 Å². The topological polar surface area (TPSA) is 38.1 Å². The monoisotopic (exact) mass is 275 g/mol. The molecular weight excluding hydrogens is 257 g/mol. The van der Waals surface area contributed by atoms with Gasteiger partial charge in [-0.2, -0.15) is 5.10 Å². The third-order valence-corrected chi connectivity index (χ3v) is 3.30. The molecule has 5 heteroatoms. The van der Waals surface area contributed by atoms with Crippen molar-refractivity contribution in [3.63, 3.8) is 0 Å². The van der Waals surface area contributed by atoms with Gasteiger partial charge in [-0.05, 0) is 32.0 Å². The lowest BCUT2D eigenvalue weighted by atomic mass is 10.1. The molecule has 0 spiro atoms. The van der Waals surface area contributed by atoms with E-state index in [-0.39, 0.29) is 11.7 Å². The molecule has 0 N–H and O–H groups in total. The summed E-state index contributed by atoms with van der Waals surface area (Å²) in [5, 5.41) is 4.24. The lowest BCUT2D eigenvalue weighted by Gasteiger charge is -2.18. The predicted molar refractivity (Wildman–Crippen MR) is 75.9 cm³/mol. The molecule has 0 bridgehead atoms. The maximum Gasteiger partial charge on any atom is 0.272 e. The summed E-state index contributed by atoms with van der Waals surface area (Å²) in [5.74, 6) is -0.431. The highest BCUT2D eigenvalue weighted by Crippen LogP contribution is 2.22. The predicted octanol–water partition coefficient (Wildman–Crippen LogP) is 2.71. The number of aryl methyl sites for hydroxylation is 1. The summed E-state index contributed by atoms with van der Waals surface area (Å²) in [6.45, 7) is 5.12. The van der Waals surface area contributed by atoms with Crippen molar-refractivity contribution >= 4 is 5.91 Å². The van der Waals surface area contributed by atoms with E-state index in [0.717, 1.165) is 0 Å². The average Bonchev–Trinajstić information content (AvgIpc) is 2.82. The molecule has 106 valence electrons. The minimum Gasteiger partial charge on any atom is -0.338 e. The van der Waals surface area contributed by atoms with Gasteiger partial charge >= 0.3 is 0 Å². The number of rotatable bonds is 4. The molecule has 20 heavy (non-hydrogen) atoms. The maximum absolute atomic E-state index is 13.8. The van der Waals surface area contributed by atoms with Crippen LogP contribution in [0.4, 0.5) is 4.39 Å². The first kappa shape index (κ1) is 14.2. The second-order valence-corrected chi connectivity index (χ2v) is 4.50. The molecule has 0 unspecified atom stereocenters. The Labute approximate surface area is 117 Å². The molecule has 0 aliphatic heterocycles. The summed E-state index contributed by atoms with van der Waals surface area (Å²) in [6, 6.07) is 8.06. The van der Waals surface area contributed by atoms with Gasteiger partial charge in [0.05, 0.1) is 5.69 Å². The van der Waals surface area contributed by atoms with Crippen LogP contribution in [0.1, 0.15) is 24.3 Å². The zero-order valence-corrected chi connectivity index (χ0v) is 11.9. The number of carbonyl (C=O) groups is 1. The first-order chi connectivity index (χ1) is 9.58. The first-order valence-electron chi connectivity index (χ1n) is 6.66. The summed E-state index contributed by atoms with van der Waals surface area (Å²) < 4.78 is 15.3. The standard InChI is InChI=1S/C15H18FN3O/c1-4-19(5-2)15(20)14-10-13(17-18(14)3)11-8-6-7-9-12(11)16/h6-10H,4-5H2,1-3H3. The van der Waals surface area contributed by atoms with Crippen molar-refractivity contribution in [1.29, 1.82) is 0 Å². The van der Waals surface area contributed by atoms with Gasteiger partial charge in [-0.1, -0.05) is 12.1 Å². The number of amides is 1. The van der Waals surface area contributed by atoms with Gasteiger partial charge < -0.3 is 4.90 Å². The second-order valence-electron chi connectivity index (χ2n) is 4.50. The average molecular weight is 275 g/mol. The summed E-state index contributed by atoms with van der Waals surface area (Å²) in [6.07, 6.45) is 0. The lowest BCUT2D eigenvalue weighted by molar-refractivity contribution is 0.0762. The molecule has 4 nitrogen and oxygen atoms in total. The van der Waals surface area contributed by atoms with Crippen LogP contribution < -0.4 is 0 Å². The number of halogens is 1. The molecule has 0 aliphatic rings. The SMILES string of the molecule is CCN(CC)C(=O)c1cc(-c2ccccc2F)nn1C. The molecule has 0 saturated heterocycles. The fraction of sp³-hybridized carbons (Fsp3) is 0.333. The van der Waals surface area contributed by atoms with E-state index >= 15 is 0 Å². The Bertz CT molecular complexity index is 617. The van der Waals surface area contributed by atoms with E-state index in [4.69, 9.17) is 0 Å². The van der Waals surface area contributed by atoms with Gasteiger partial charge in [0.15, 0.2) is 0 Å². The Morgan fingerprint density at radius 2 is 1.95 bits per heavy atom. The second kappa shape index (κ2) is 5.86. The Morgan fingerprint density at radius 3 is 2.55 bits per heavy atom. The van der Waals surface area contributed by atoms with Crippen LogP contribution in [0.2, 0.25) is 0 Å². The van der Waals surface area contributed by atoms with E-state index in [2.05, 4.69) is 5.10 Å². The molecule has 0 saturated carbocycles. The van der Waals surface area contributed by atoms with E-state index in [0.29, 0.717) is 30.0 Å². The van der Waals surface area contributed by atoms with Gasteiger partial charge in [0, 0.05) is 25.7 Å². The summed E-state index contributed by atoms with van der Waals surface area (Å²) >= 11 is 0. The molecule has 1 amide bonds. The van der Waals surface area contributed by atoms with Crippen molar-refractivity contribution in [1.82, 2.24) is 14.7 Å². The molecule has 0 radical (unpaired) electrons. The fourth-order valence-corrected chi connectivity index (χ4v) is 2.14. The molecule has 0 atom stereocenters. The van der Waals surface area contributed by atoms with Gasteiger partial charge in [-0.15, -0.1) is 0 Å². The Balaban J connectivity index is 2.40. The largest absolute Gasteiger partial charge is 0.338 e. The molecule has 0 fully saturated rings. The van der Waals surface area contributed by atoms with E-state index < -0.39 is 0 Å². The van der Waals surface area contributed by atoms with Crippen LogP contribution in [0.3, 0.4) is 0 Å². The lowest BCUT2D eigenvalue weighted by Crippen LogP contribution is -2.31. The number of nitrogens with zero attached hydrogens (tertiary/aromatic N) is 3. The fourth-order valence-electron chi connectivity index (χ4n) is 2.14. The van der Waals surface area contributed by atoms with Crippen LogP contribution in [-0.2, 0) is 7.05 Å². The highest BCUT2D eigenvalue weighted by molar-refractivity contribution is 5.93. The van der Waals surface area contributed by atoms with E-state index in [1.807, 2.05) is 13.8 Å². The molecule has 0 aliphatic carbocycles. The number of benzene rings is 1. The zero-order chi connectivity index (χ0) is 14.7. The van der Waals surface area contributed by atoms with Crippen molar-refractivity contribution in [2.24, 2.45) is 7.05 Å². The smallest absolute Gasteiger partial charge is 0.272 e. The summed E-state index contributed by atoms with van der Waals surface area (Å²) in [7, 11) is 1.70. The number of aromatic nitrogens is 2. The van der Waals surface area contributed by atoms with E-state index in [1.54, 1.807) is 36.2 Å². The quantitative estimate of drug-likeness (QED) is 0.860. The van der Waals surface area contributed by atoms with Gasteiger partial charge in [0.25, 0.3) is 5.91 Å². The Hall–Kier alpha value is -2.17. The van der Waals surface area contributed by atoms with E-state index in [9.17, 15) is 9.18 Å². The van der Waals surface area contributed by atoms with Gasteiger partial charge in [0.1, 0.15) is 11.5 Å². The molecule has 1 heterocycles. The maximum atomic E-state index is 13.8. The third kappa shape index (κ3) is 2.57.